The van der Waals surface area contributed by atoms with Crippen LogP contribution in [0.3, 0.4) is 0 Å². The van der Waals surface area contributed by atoms with Crippen molar-refractivity contribution < 1.29 is 28.6 Å². The first-order valence-corrected chi connectivity index (χ1v) is 19.3. The summed E-state index contributed by atoms with van der Waals surface area (Å²) in [7, 11) is -2.85. The van der Waals surface area contributed by atoms with Gasteiger partial charge >= 0.3 is 11.8 Å². The van der Waals surface area contributed by atoms with E-state index in [1.165, 1.54) is 12.3 Å². The summed E-state index contributed by atoms with van der Waals surface area (Å²) in [5.74, 6) is -1.38. The Kier molecular flexibility index (Phi) is 9.26. The normalized spacial score (nSPS) is 19.6. The van der Waals surface area contributed by atoms with Gasteiger partial charge in [-0.25, -0.2) is 23.5 Å². The largest absolute Gasteiger partial charge is 0.489 e. The van der Waals surface area contributed by atoms with Crippen LogP contribution in [0.15, 0.2) is 23.1 Å². The molecule has 48 heavy (non-hydrogen) atoms. The van der Waals surface area contributed by atoms with E-state index in [2.05, 4.69) is 15.0 Å². The number of ether oxygens (including phenoxy) is 2. The van der Waals surface area contributed by atoms with E-state index < -0.39 is 60.9 Å². The number of fused-ring (bicyclic) bond motifs is 1. The van der Waals surface area contributed by atoms with E-state index in [-0.39, 0.29) is 59.0 Å². The van der Waals surface area contributed by atoms with Crippen molar-refractivity contribution in [2.75, 3.05) is 31.1 Å². The van der Waals surface area contributed by atoms with Crippen molar-refractivity contribution in [3.63, 3.8) is 0 Å². The maximum absolute atomic E-state index is 15.3. The smallest absolute Gasteiger partial charge is 0.410 e. The number of halogens is 2. The highest BCUT2D eigenvalue weighted by Gasteiger charge is 2.38. The standard InChI is InChI=1S/C34H50ClFN6O5Si/c1-20(2)26-27(25(13-14-37-26)45-15-16-46-48(11,12)34(8,9)10)42-30-23(17-24(36)28(35)38-30)29(39-31(42)43)40-18-22(4)41(19-21(40)3)32(44)47-33(5,6)7/h13-14,17,20-22H,15-16,18-19H2,1-12H3/t21-,22+/m0/s1/i15D2,16D2. The highest BCUT2D eigenvalue weighted by molar-refractivity contribution is 6.74. The molecule has 2 atom stereocenters. The van der Waals surface area contributed by atoms with E-state index in [0.29, 0.717) is 0 Å². The molecule has 0 spiro atoms. The third kappa shape index (κ3) is 7.94. The molecule has 264 valence electrons. The number of nitrogens with zero attached hydrogens (tertiary/aromatic N) is 6. The molecule has 11 nitrogen and oxygen atoms in total. The number of rotatable bonds is 8. The average Bonchev–Trinajstić information content (AvgIpc) is 2.96. The van der Waals surface area contributed by atoms with Gasteiger partial charge in [-0.1, -0.05) is 46.2 Å². The minimum absolute atomic E-state index is 0.0649. The topological polar surface area (TPSA) is 112 Å². The van der Waals surface area contributed by atoms with Gasteiger partial charge in [0, 0.05) is 37.4 Å². The molecule has 0 aromatic carbocycles. The number of aromatic nitrogens is 4. The van der Waals surface area contributed by atoms with Crippen molar-refractivity contribution in [3.05, 3.63) is 45.5 Å². The predicted octanol–water partition coefficient (Wildman–Crippen LogP) is 7.33. The fourth-order valence-corrected chi connectivity index (χ4v) is 5.80. The molecule has 1 aliphatic heterocycles. The van der Waals surface area contributed by atoms with Gasteiger partial charge in [-0.3, -0.25) is 4.98 Å². The number of carbonyl (C=O) groups is 1. The molecule has 0 unspecified atom stereocenters. The SMILES string of the molecule is [2H]C([2H])(Oc1ccnc(C(C)C)c1-n1c(=O)nc(N2C[C@@H](C)N(C(=O)OC(C)(C)C)C[C@@H]2C)c2cc(F)c(Cl)nc21)C([2H])([2H])O[Si](C)(C)C(C)(C)C. The first kappa shape index (κ1) is 31.9. The molecule has 3 aromatic heterocycles. The second kappa shape index (κ2) is 13.9. The van der Waals surface area contributed by atoms with Crippen LogP contribution in [0.1, 0.15) is 86.3 Å². The zero-order chi connectivity index (χ0) is 39.5. The Bertz CT molecular complexity index is 1900. The Morgan fingerprint density at radius 1 is 1.12 bits per heavy atom. The lowest BCUT2D eigenvalue weighted by Crippen LogP contribution is -2.59. The summed E-state index contributed by atoms with van der Waals surface area (Å²) in [6.45, 7) is 16.3. The maximum atomic E-state index is 15.3. The maximum Gasteiger partial charge on any atom is 0.410 e. The number of anilines is 1. The van der Waals surface area contributed by atoms with Gasteiger partial charge in [-0.05, 0) is 64.7 Å². The average molecular weight is 709 g/mol. The number of hydrogen-bond donors (Lipinski definition) is 0. The monoisotopic (exact) mass is 708 g/mol. The summed E-state index contributed by atoms with van der Waals surface area (Å²) < 4.78 is 68.6. The van der Waals surface area contributed by atoms with Crippen LogP contribution in [0, 0.1) is 5.82 Å². The van der Waals surface area contributed by atoms with Crippen molar-refractivity contribution in [2.45, 2.75) is 111 Å². The Balaban J connectivity index is 1.91. The van der Waals surface area contributed by atoms with Gasteiger partial charge in [0.15, 0.2) is 24.9 Å². The molecular formula is C34H50ClFN6O5Si. The lowest BCUT2D eigenvalue weighted by molar-refractivity contribution is 0.0130. The van der Waals surface area contributed by atoms with Crippen molar-refractivity contribution in [2.24, 2.45) is 0 Å². The molecule has 0 bridgehead atoms. The van der Waals surface area contributed by atoms with Crippen LogP contribution in [-0.4, -0.2) is 82.7 Å². The highest BCUT2D eigenvalue weighted by Crippen LogP contribution is 2.37. The first-order chi connectivity index (χ1) is 23.6. The molecular weight excluding hydrogens is 655 g/mol. The number of pyridine rings is 2. The summed E-state index contributed by atoms with van der Waals surface area (Å²) in [6.07, 6.45) is 0.875. The van der Waals surface area contributed by atoms with Gasteiger partial charge in [-0.2, -0.15) is 4.98 Å². The lowest BCUT2D eigenvalue weighted by Gasteiger charge is -2.44. The Hall–Kier alpha value is -3.29. The summed E-state index contributed by atoms with van der Waals surface area (Å²) in [5.41, 5.74) is -1.49. The van der Waals surface area contributed by atoms with Gasteiger partial charge in [0.2, 0.25) is 0 Å². The van der Waals surface area contributed by atoms with E-state index in [9.17, 15) is 9.59 Å². The highest BCUT2D eigenvalue weighted by atomic mass is 35.5. The van der Waals surface area contributed by atoms with Crippen LogP contribution in [0.2, 0.25) is 23.3 Å². The van der Waals surface area contributed by atoms with Gasteiger partial charge in [0.05, 0.1) is 23.1 Å². The van der Waals surface area contributed by atoms with E-state index in [0.717, 1.165) is 10.6 Å². The second-order valence-corrected chi connectivity index (χ2v) is 20.1. The fraction of sp³-hybridized carbons (Fsp3) is 0.618. The molecule has 0 aliphatic carbocycles. The van der Waals surface area contributed by atoms with Crippen molar-refractivity contribution >= 4 is 42.9 Å². The van der Waals surface area contributed by atoms with Crippen molar-refractivity contribution in [1.29, 1.82) is 0 Å². The quantitative estimate of drug-likeness (QED) is 0.175. The zero-order valence-electron chi connectivity index (χ0n) is 33.9. The lowest BCUT2D eigenvalue weighted by atomic mass is 10.1. The Morgan fingerprint density at radius 3 is 2.40 bits per heavy atom. The van der Waals surface area contributed by atoms with Crippen molar-refractivity contribution in [3.8, 4) is 11.4 Å². The van der Waals surface area contributed by atoms with Crippen LogP contribution in [0.4, 0.5) is 15.0 Å². The minimum Gasteiger partial charge on any atom is -0.489 e. The van der Waals surface area contributed by atoms with Gasteiger partial charge in [0.25, 0.3) is 0 Å². The second-order valence-electron chi connectivity index (χ2n) is 15.0. The minimum atomic E-state index is -3.07. The molecule has 1 aliphatic rings. The number of piperazine rings is 1. The summed E-state index contributed by atoms with van der Waals surface area (Å²) in [4.78, 5) is 43.9. The molecule has 0 saturated carbocycles. The van der Waals surface area contributed by atoms with E-state index in [4.69, 9.17) is 31.0 Å². The fourth-order valence-electron chi connectivity index (χ4n) is 5.06. The van der Waals surface area contributed by atoms with E-state index in [1.54, 1.807) is 57.5 Å². The number of carbonyl (C=O) groups excluding carboxylic acids is 1. The van der Waals surface area contributed by atoms with Gasteiger partial charge < -0.3 is 23.7 Å². The molecule has 1 saturated heterocycles. The van der Waals surface area contributed by atoms with E-state index in [1.807, 2.05) is 34.6 Å². The molecule has 0 N–H and O–H groups in total. The molecule has 0 radical (unpaired) electrons. The van der Waals surface area contributed by atoms with Gasteiger partial charge in [0.1, 0.15) is 29.4 Å². The predicted molar refractivity (Wildman–Crippen MR) is 190 cm³/mol. The summed E-state index contributed by atoms with van der Waals surface area (Å²) in [5, 5.41) is -0.864. The zero-order valence-corrected chi connectivity index (χ0v) is 31.6. The molecule has 14 heteroatoms. The van der Waals surface area contributed by atoms with E-state index >= 15 is 4.39 Å². The van der Waals surface area contributed by atoms with Crippen LogP contribution in [0.5, 0.6) is 5.75 Å². The van der Waals surface area contributed by atoms with Crippen LogP contribution < -0.4 is 15.3 Å². The van der Waals surface area contributed by atoms with Crippen molar-refractivity contribution in [1.82, 2.24) is 24.4 Å². The molecule has 1 fully saturated rings. The molecule has 3 aromatic rings. The first-order valence-electron chi connectivity index (χ1n) is 18.0. The Morgan fingerprint density at radius 2 is 1.79 bits per heavy atom. The molecule has 1 amide bonds. The molecule has 4 heterocycles. The third-order valence-electron chi connectivity index (χ3n) is 8.65. The Labute approximate surface area is 294 Å². The molecule has 4 rings (SSSR count). The van der Waals surface area contributed by atoms with Crippen LogP contribution in [-0.2, 0) is 9.16 Å². The number of amides is 1. The summed E-state index contributed by atoms with van der Waals surface area (Å²) >= 11 is 6.24. The van der Waals surface area contributed by atoms with Gasteiger partial charge in [-0.15, -0.1) is 0 Å². The summed E-state index contributed by atoms with van der Waals surface area (Å²) in [6, 6.07) is 1.65. The van der Waals surface area contributed by atoms with Crippen LogP contribution >= 0.6 is 11.6 Å². The number of hydrogen-bond acceptors (Lipinski definition) is 9. The van der Waals surface area contributed by atoms with Crippen LogP contribution in [0.25, 0.3) is 16.7 Å². The third-order valence-corrected chi connectivity index (χ3v) is 13.1.